The Morgan fingerprint density at radius 1 is 0.972 bits per heavy atom. The lowest BCUT2D eigenvalue weighted by Crippen LogP contribution is -2.53. The summed E-state index contributed by atoms with van der Waals surface area (Å²) in [6.45, 7) is 3.31. The van der Waals surface area contributed by atoms with E-state index in [1.165, 1.54) is 22.4 Å². The Morgan fingerprint density at radius 3 is 2.33 bits per heavy atom. The second-order valence-electron chi connectivity index (χ2n) is 9.34. The van der Waals surface area contributed by atoms with E-state index in [2.05, 4.69) is 39.1 Å². The van der Waals surface area contributed by atoms with E-state index < -0.39 is 10.0 Å². The number of carbonyl (C=O) groups is 1. The average Bonchev–Trinajstić information content (AvgIpc) is 3.47. The summed E-state index contributed by atoms with van der Waals surface area (Å²) in [5, 5.41) is 0.774. The van der Waals surface area contributed by atoms with Gasteiger partial charge >= 0.3 is 0 Å². The Bertz CT molecular complexity index is 1260. The number of aromatic nitrogens is 2. The standard InChI is InChI=1S/C26H30ClN5O3S/c27-23-10-8-21(9-11-23)25(20-5-2-1-3-6-20)30-13-15-31(16-14-30)26(33)22-7-4-12-32(18-22)36(34,35)24-17-28-19-29-24/h1-3,5-6,8-11,17,19,22,25H,4,7,12-16,18H2,(H,28,29)/t22-,25+/m0/s1. The number of hydrogen-bond donors (Lipinski definition) is 1. The lowest BCUT2D eigenvalue weighted by Gasteiger charge is -2.41. The molecule has 2 aromatic carbocycles. The van der Waals surface area contributed by atoms with Gasteiger partial charge in [0, 0.05) is 44.3 Å². The fraction of sp³-hybridized carbons (Fsp3) is 0.385. The first-order valence-corrected chi connectivity index (χ1v) is 14.1. The summed E-state index contributed by atoms with van der Waals surface area (Å²) in [6.07, 6.45) is 4.03. The van der Waals surface area contributed by atoms with Crippen molar-refractivity contribution >= 4 is 27.5 Å². The van der Waals surface area contributed by atoms with Gasteiger partial charge in [-0.15, -0.1) is 0 Å². The van der Waals surface area contributed by atoms with Gasteiger partial charge in [-0.2, -0.15) is 4.31 Å². The molecule has 2 aliphatic rings. The number of H-pyrrole nitrogens is 1. The van der Waals surface area contributed by atoms with Crippen LogP contribution in [-0.4, -0.2) is 77.7 Å². The molecule has 0 bridgehead atoms. The number of piperidine rings is 1. The molecule has 5 rings (SSSR count). The van der Waals surface area contributed by atoms with Gasteiger partial charge in [0.2, 0.25) is 5.91 Å². The van der Waals surface area contributed by atoms with Crippen LogP contribution in [0.5, 0.6) is 0 Å². The van der Waals surface area contributed by atoms with Crippen molar-refractivity contribution in [1.82, 2.24) is 24.1 Å². The summed E-state index contributed by atoms with van der Waals surface area (Å²) in [7, 11) is -3.67. The summed E-state index contributed by atoms with van der Waals surface area (Å²) in [6, 6.07) is 18.4. The molecule has 2 saturated heterocycles. The van der Waals surface area contributed by atoms with Crippen LogP contribution in [0.4, 0.5) is 0 Å². The Balaban J connectivity index is 1.26. The van der Waals surface area contributed by atoms with Gasteiger partial charge in [0.25, 0.3) is 10.0 Å². The number of sulfonamides is 1. The maximum atomic E-state index is 13.4. The zero-order valence-corrected chi connectivity index (χ0v) is 21.5. The first-order valence-electron chi connectivity index (χ1n) is 12.3. The van der Waals surface area contributed by atoms with Crippen LogP contribution < -0.4 is 0 Å². The first kappa shape index (κ1) is 25.0. The molecule has 1 aromatic heterocycles. The summed E-state index contributed by atoms with van der Waals surface area (Å²) >= 11 is 6.14. The lowest BCUT2D eigenvalue weighted by atomic mass is 9.95. The number of nitrogens with one attached hydrogen (secondary N) is 1. The van der Waals surface area contributed by atoms with Gasteiger partial charge in [-0.25, -0.2) is 13.4 Å². The molecule has 190 valence electrons. The van der Waals surface area contributed by atoms with Crippen molar-refractivity contribution in [3.63, 3.8) is 0 Å². The molecule has 1 N–H and O–H groups in total. The Labute approximate surface area is 216 Å². The third kappa shape index (κ3) is 5.20. The largest absolute Gasteiger partial charge is 0.340 e. The van der Waals surface area contributed by atoms with E-state index in [1.807, 2.05) is 35.2 Å². The van der Waals surface area contributed by atoms with Crippen molar-refractivity contribution in [3.8, 4) is 0 Å². The van der Waals surface area contributed by atoms with Crippen molar-refractivity contribution in [2.24, 2.45) is 5.92 Å². The van der Waals surface area contributed by atoms with Gasteiger partial charge in [-0.3, -0.25) is 9.69 Å². The molecule has 2 atom stereocenters. The van der Waals surface area contributed by atoms with Crippen molar-refractivity contribution in [3.05, 3.63) is 83.3 Å². The Morgan fingerprint density at radius 2 is 1.67 bits per heavy atom. The molecule has 0 spiro atoms. The molecule has 10 heteroatoms. The predicted octanol–water partition coefficient (Wildman–Crippen LogP) is 3.40. The van der Waals surface area contributed by atoms with Gasteiger partial charge in [0.15, 0.2) is 5.03 Å². The summed E-state index contributed by atoms with van der Waals surface area (Å²) < 4.78 is 27.2. The van der Waals surface area contributed by atoms with E-state index in [-0.39, 0.29) is 29.4 Å². The van der Waals surface area contributed by atoms with Gasteiger partial charge in [0.1, 0.15) is 0 Å². The van der Waals surface area contributed by atoms with Crippen LogP contribution in [-0.2, 0) is 14.8 Å². The number of rotatable bonds is 6. The summed E-state index contributed by atoms with van der Waals surface area (Å²) in [5.74, 6) is -0.286. The molecule has 0 saturated carbocycles. The number of amides is 1. The average molecular weight is 528 g/mol. The van der Waals surface area contributed by atoms with Crippen LogP contribution in [0.2, 0.25) is 5.02 Å². The summed E-state index contributed by atoms with van der Waals surface area (Å²) in [5.41, 5.74) is 2.36. The fourth-order valence-electron chi connectivity index (χ4n) is 5.24. The highest BCUT2D eigenvalue weighted by Crippen LogP contribution is 2.31. The van der Waals surface area contributed by atoms with Crippen molar-refractivity contribution in [2.45, 2.75) is 23.9 Å². The number of benzene rings is 2. The number of piperazine rings is 1. The predicted molar refractivity (Wildman–Crippen MR) is 138 cm³/mol. The third-order valence-electron chi connectivity index (χ3n) is 7.12. The highest BCUT2D eigenvalue weighted by molar-refractivity contribution is 7.89. The smallest absolute Gasteiger partial charge is 0.260 e. The maximum absolute atomic E-state index is 13.4. The van der Waals surface area contributed by atoms with Crippen molar-refractivity contribution in [2.75, 3.05) is 39.3 Å². The molecule has 3 aromatic rings. The molecule has 2 aliphatic heterocycles. The highest BCUT2D eigenvalue weighted by atomic mass is 35.5. The van der Waals surface area contributed by atoms with Crippen LogP contribution in [0, 0.1) is 5.92 Å². The number of halogens is 1. The van der Waals surface area contributed by atoms with Gasteiger partial charge in [0.05, 0.1) is 24.5 Å². The van der Waals surface area contributed by atoms with Crippen LogP contribution in [0.25, 0.3) is 0 Å². The molecule has 0 unspecified atom stereocenters. The van der Waals surface area contributed by atoms with Crippen LogP contribution in [0.15, 0.2) is 72.1 Å². The molecular weight excluding hydrogens is 498 g/mol. The van der Waals surface area contributed by atoms with Crippen molar-refractivity contribution < 1.29 is 13.2 Å². The van der Waals surface area contributed by atoms with Gasteiger partial charge in [-0.05, 0) is 36.1 Å². The SMILES string of the molecule is O=C([C@H]1CCCN(S(=O)(=O)c2cnc[nH]2)C1)N1CCN([C@H](c2ccccc2)c2ccc(Cl)cc2)CC1. The summed E-state index contributed by atoms with van der Waals surface area (Å²) in [4.78, 5) is 24.2. The molecule has 8 nitrogen and oxygen atoms in total. The molecule has 2 fully saturated rings. The number of nitrogens with zero attached hydrogens (tertiary/aromatic N) is 4. The van der Waals surface area contributed by atoms with E-state index in [0.29, 0.717) is 37.5 Å². The number of hydrogen-bond acceptors (Lipinski definition) is 5. The van der Waals surface area contributed by atoms with Crippen LogP contribution >= 0.6 is 11.6 Å². The lowest BCUT2D eigenvalue weighted by molar-refractivity contribution is -0.138. The fourth-order valence-corrected chi connectivity index (χ4v) is 6.78. The number of imidazole rings is 1. The maximum Gasteiger partial charge on any atom is 0.260 e. The van der Waals surface area contributed by atoms with E-state index in [1.54, 1.807) is 0 Å². The second kappa shape index (κ2) is 10.7. The van der Waals surface area contributed by atoms with E-state index in [9.17, 15) is 13.2 Å². The third-order valence-corrected chi connectivity index (χ3v) is 9.16. The van der Waals surface area contributed by atoms with Gasteiger partial charge in [-0.1, -0.05) is 54.1 Å². The Kier molecular flexibility index (Phi) is 7.43. The quantitative estimate of drug-likeness (QED) is 0.530. The molecule has 0 aliphatic carbocycles. The normalized spacial score (nSPS) is 20.8. The number of carbonyl (C=O) groups excluding carboxylic acids is 1. The zero-order valence-electron chi connectivity index (χ0n) is 20.0. The minimum atomic E-state index is -3.67. The molecule has 3 heterocycles. The second-order valence-corrected chi connectivity index (χ2v) is 11.7. The minimum Gasteiger partial charge on any atom is -0.340 e. The zero-order chi connectivity index (χ0) is 25.1. The van der Waals surface area contributed by atoms with E-state index in [4.69, 9.17) is 11.6 Å². The molecule has 1 amide bonds. The topological polar surface area (TPSA) is 89.6 Å². The van der Waals surface area contributed by atoms with E-state index >= 15 is 0 Å². The Hall–Kier alpha value is -2.72. The minimum absolute atomic E-state index is 0.0434. The monoisotopic (exact) mass is 527 g/mol. The highest BCUT2D eigenvalue weighted by Gasteiger charge is 2.37. The van der Waals surface area contributed by atoms with Crippen molar-refractivity contribution in [1.29, 1.82) is 0 Å². The number of aromatic amines is 1. The molecular formula is C26H30ClN5O3S. The first-order chi connectivity index (χ1) is 17.4. The molecule has 36 heavy (non-hydrogen) atoms. The van der Waals surface area contributed by atoms with E-state index in [0.717, 1.165) is 18.7 Å². The van der Waals surface area contributed by atoms with Gasteiger partial charge < -0.3 is 9.88 Å². The molecule has 0 radical (unpaired) electrons. The van der Waals surface area contributed by atoms with Crippen LogP contribution in [0.3, 0.4) is 0 Å². The van der Waals surface area contributed by atoms with Crippen LogP contribution in [0.1, 0.15) is 30.0 Å².